The number of rotatable bonds is 4. The molecule has 0 atom stereocenters. The second kappa shape index (κ2) is 8.26. The van der Waals surface area contributed by atoms with Gasteiger partial charge in [0.05, 0.1) is 5.69 Å². The standard InChI is InChI=1S/C20H22ClNO2S/c1-13-3-5-18(14(2)11-13)25-19-6-4-16(21)12-17(19)22-20(23)15-7-9-24-10-8-15/h3-6,11-12,15H,7-10H2,1-2H3,(H,22,23). The summed E-state index contributed by atoms with van der Waals surface area (Å²) in [4.78, 5) is 14.7. The van der Waals surface area contributed by atoms with E-state index in [-0.39, 0.29) is 11.8 Å². The Balaban J connectivity index is 1.81. The van der Waals surface area contributed by atoms with Crippen LogP contribution in [0.15, 0.2) is 46.2 Å². The van der Waals surface area contributed by atoms with Gasteiger partial charge in [-0.25, -0.2) is 0 Å². The normalized spacial score (nSPS) is 15.2. The summed E-state index contributed by atoms with van der Waals surface area (Å²) in [7, 11) is 0. The first-order valence-electron chi connectivity index (χ1n) is 8.46. The number of benzene rings is 2. The fraction of sp³-hybridized carbons (Fsp3) is 0.350. The van der Waals surface area contributed by atoms with Crippen molar-refractivity contribution in [2.75, 3.05) is 18.5 Å². The van der Waals surface area contributed by atoms with Crippen molar-refractivity contribution in [3.63, 3.8) is 0 Å². The van der Waals surface area contributed by atoms with E-state index in [1.54, 1.807) is 11.8 Å². The van der Waals surface area contributed by atoms with Crippen LogP contribution < -0.4 is 5.32 Å². The van der Waals surface area contributed by atoms with E-state index >= 15 is 0 Å². The van der Waals surface area contributed by atoms with Crippen LogP contribution in [0.3, 0.4) is 0 Å². The Kier molecular flexibility index (Phi) is 6.05. The third kappa shape index (κ3) is 4.78. The van der Waals surface area contributed by atoms with Crippen molar-refractivity contribution >= 4 is 35.0 Å². The van der Waals surface area contributed by atoms with Crippen LogP contribution in [-0.4, -0.2) is 19.1 Å². The van der Waals surface area contributed by atoms with Gasteiger partial charge in [0.2, 0.25) is 5.91 Å². The van der Waals surface area contributed by atoms with Crippen molar-refractivity contribution in [3.05, 3.63) is 52.5 Å². The smallest absolute Gasteiger partial charge is 0.227 e. The first kappa shape index (κ1) is 18.3. The van der Waals surface area contributed by atoms with Gasteiger partial charge in [-0.15, -0.1) is 0 Å². The quantitative estimate of drug-likeness (QED) is 0.769. The highest BCUT2D eigenvalue weighted by Gasteiger charge is 2.22. The number of aryl methyl sites for hydroxylation is 2. The summed E-state index contributed by atoms with van der Waals surface area (Å²) >= 11 is 7.81. The fourth-order valence-electron chi connectivity index (χ4n) is 2.92. The lowest BCUT2D eigenvalue weighted by Gasteiger charge is -2.22. The zero-order valence-electron chi connectivity index (χ0n) is 14.5. The molecule has 3 rings (SSSR count). The summed E-state index contributed by atoms with van der Waals surface area (Å²) in [5.41, 5.74) is 3.24. The molecule has 0 aromatic heterocycles. The average molecular weight is 376 g/mol. The van der Waals surface area contributed by atoms with E-state index in [1.807, 2.05) is 18.2 Å². The van der Waals surface area contributed by atoms with E-state index in [9.17, 15) is 4.79 Å². The van der Waals surface area contributed by atoms with E-state index in [2.05, 4.69) is 37.4 Å². The minimum absolute atomic E-state index is 0.00620. The van der Waals surface area contributed by atoms with Gasteiger partial charge in [0, 0.05) is 33.9 Å². The molecule has 2 aromatic rings. The molecular formula is C20H22ClNO2S. The highest BCUT2D eigenvalue weighted by atomic mass is 35.5. The van der Waals surface area contributed by atoms with Gasteiger partial charge >= 0.3 is 0 Å². The van der Waals surface area contributed by atoms with Crippen LogP contribution >= 0.6 is 23.4 Å². The molecule has 1 fully saturated rings. The summed E-state index contributed by atoms with van der Waals surface area (Å²) in [6.07, 6.45) is 1.54. The monoisotopic (exact) mass is 375 g/mol. The molecule has 0 aliphatic carbocycles. The van der Waals surface area contributed by atoms with Crippen LogP contribution in [0.25, 0.3) is 0 Å². The molecule has 0 saturated carbocycles. The Bertz CT molecular complexity index is 772. The highest BCUT2D eigenvalue weighted by Crippen LogP contribution is 2.37. The minimum Gasteiger partial charge on any atom is -0.381 e. The molecule has 25 heavy (non-hydrogen) atoms. The molecule has 1 saturated heterocycles. The molecule has 0 spiro atoms. The molecule has 0 bridgehead atoms. The molecule has 0 radical (unpaired) electrons. The van der Waals surface area contributed by atoms with Crippen LogP contribution in [0.2, 0.25) is 5.02 Å². The molecule has 0 unspecified atom stereocenters. The van der Waals surface area contributed by atoms with Crippen molar-refractivity contribution in [2.24, 2.45) is 5.92 Å². The molecule has 1 amide bonds. The Hall–Kier alpha value is -1.49. The first-order valence-corrected chi connectivity index (χ1v) is 9.65. The van der Waals surface area contributed by atoms with Crippen LogP contribution in [0.5, 0.6) is 0 Å². The largest absolute Gasteiger partial charge is 0.381 e. The Morgan fingerprint density at radius 1 is 1.12 bits per heavy atom. The van der Waals surface area contributed by atoms with Gasteiger partial charge in [-0.3, -0.25) is 4.79 Å². The van der Waals surface area contributed by atoms with Gasteiger partial charge in [0.1, 0.15) is 0 Å². The number of carbonyl (C=O) groups excluding carboxylic acids is 1. The highest BCUT2D eigenvalue weighted by molar-refractivity contribution is 7.99. The second-order valence-electron chi connectivity index (χ2n) is 6.39. The number of nitrogens with one attached hydrogen (secondary N) is 1. The number of ether oxygens (including phenoxy) is 1. The molecule has 1 aliphatic rings. The van der Waals surface area contributed by atoms with Crippen molar-refractivity contribution in [1.29, 1.82) is 0 Å². The van der Waals surface area contributed by atoms with Crippen molar-refractivity contribution < 1.29 is 9.53 Å². The van der Waals surface area contributed by atoms with Gasteiger partial charge in [-0.1, -0.05) is 41.1 Å². The van der Waals surface area contributed by atoms with Crippen molar-refractivity contribution in [3.8, 4) is 0 Å². The van der Waals surface area contributed by atoms with E-state index in [4.69, 9.17) is 16.3 Å². The Morgan fingerprint density at radius 2 is 1.84 bits per heavy atom. The lowest BCUT2D eigenvalue weighted by Crippen LogP contribution is -2.28. The Morgan fingerprint density at radius 3 is 2.56 bits per heavy atom. The predicted molar refractivity (Wildman–Crippen MR) is 104 cm³/mol. The second-order valence-corrected chi connectivity index (χ2v) is 7.91. The number of anilines is 1. The molecule has 5 heteroatoms. The summed E-state index contributed by atoms with van der Waals surface area (Å²) in [6, 6.07) is 12.0. The zero-order valence-corrected chi connectivity index (χ0v) is 16.0. The third-order valence-corrected chi connectivity index (χ3v) is 5.83. The predicted octanol–water partition coefficient (Wildman–Crippen LogP) is 5.47. The molecule has 3 nitrogen and oxygen atoms in total. The lowest BCUT2D eigenvalue weighted by atomic mass is 9.99. The van der Waals surface area contributed by atoms with E-state index in [0.29, 0.717) is 18.2 Å². The maximum absolute atomic E-state index is 12.6. The van der Waals surface area contributed by atoms with Crippen molar-refractivity contribution in [1.82, 2.24) is 0 Å². The molecule has 1 heterocycles. The zero-order chi connectivity index (χ0) is 17.8. The maximum Gasteiger partial charge on any atom is 0.227 e. The van der Waals surface area contributed by atoms with E-state index < -0.39 is 0 Å². The number of amides is 1. The number of hydrogen-bond acceptors (Lipinski definition) is 3. The van der Waals surface area contributed by atoms with Gasteiger partial charge in [-0.2, -0.15) is 0 Å². The van der Waals surface area contributed by atoms with Crippen LogP contribution in [0.4, 0.5) is 5.69 Å². The van der Waals surface area contributed by atoms with E-state index in [1.165, 1.54) is 16.0 Å². The molecule has 2 aromatic carbocycles. The van der Waals surface area contributed by atoms with Crippen LogP contribution in [0.1, 0.15) is 24.0 Å². The summed E-state index contributed by atoms with van der Waals surface area (Å²) in [5, 5.41) is 3.69. The molecule has 132 valence electrons. The Labute approximate surface area is 158 Å². The molecular weight excluding hydrogens is 354 g/mol. The van der Waals surface area contributed by atoms with E-state index in [0.717, 1.165) is 23.4 Å². The summed E-state index contributed by atoms with van der Waals surface area (Å²) < 4.78 is 5.34. The third-order valence-electron chi connectivity index (χ3n) is 4.34. The van der Waals surface area contributed by atoms with Gasteiger partial charge in [0.25, 0.3) is 0 Å². The summed E-state index contributed by atoms with van der Waals surface area (Å²) in [5.74, 6) is 0.0553. The van der Waals surface area contributed by atoms with Gasteiger partial charge in [0.15, 0.2) is 0 Å². The number of hydrogen-bond donors (Lipinski definition) is 1. The van der Waals surface area contributed by atoms with Crippen molar-refractivity contribution in [2.45, 2.75) is 36.5 Å². The summed E-state index contributed by atoms with van der Waals surface area (Å²) in [6.45, 7) is 5.49. The number of halogens is 1. The fourth-order valence-corrected chi connectivity index (χ4v) is 4.04. The van der Waals surface area contributed by atoms with Crippen LogP contribution in [0, 0.1) is 19.8 Å². The SMILES string of the molecule is Cc1ccc(Sc2ccc(Cl)cc2NC(=O)C2CCOCC2)c(C)c1. The molecule has 1 aliphatic heterocycles. The first-order chi connectivity index (χ1) is 12.0. The minimum atomic E-state index is 0.00620. The number of carbonyl (C=O) groups is 1. The van der Waals surface area contributed by atoms with Crippen LogP contribution in [-0.2, 0) is 9.53 Å². The van der Waals surface area contributed by atoms with Gasteiger partial charge in [-0.05, 0) is 56.5 Å². The van der Waals surface area contributed by atoms with Gasteiger partial charge < -0.3 is 10.1 Å². The topological polar surface area (TPSA) is 38.3 Å². The average Bonchev–Trinajstić information content (AvgIpc) is 2.60. The molecule has 1 N–H and O–H groups in total. The maximum atomic E-state index is 12.6. The lowest BCUT2D eigenvalue weighted by molar-refractivity contribution is -0.122.